The van der Waals surface area contributed by atoms with Crippen molar-refractivity contribution < 1.29 is 9.53 Å². The molecule has 1 aromatic heterocycles. The zero-order valence-corrected chi connectivity index (χ0v) is 12.6. The summed E-state index contributed by atoms with van der Waals surface area (Å²) >= 11 is 1.69. The van der Waals surface area contributed by atoms with Crippen LogP contribution in [0.3, 0.4) is 0 Å². The fraction of sp³-hybridized carbons (Fsp3) is 0.667. The first-order valence-electron chi connectivity index (χ1n) is 7.26. The molecule has 4 heteroatoms. The first kappa shape index (κ1) is 16.0. The largest absolute Gasteiger partial charge is 0.449 e. The van der Waals surface area contributed by atoms with Crippen molar-refractivity contribution in [1.82, 2.24) is 5.32 Å². The molecule has 1 N–H and O–H groups in total. The van der Waals surface area contributed by atoms with E-state index in [2.05, 4.69) is 18.3 Å². The van der Waals surface area contributed by atoms with Crippen LogP contribution >= 0.6 is 11.3 Å². The highest BCUT2D eigenvalue weighted by Gasteiger charge is 2.01. The summed E-state index contributed by atoms with van der Waals surface area (Å²) in [6.07, 6.45) is 7.92. The zero-order valence-electron chi connectivity index (χ0n) is 11.8. The van der Waals surface area contributed by atoms with Gasteiger partial charge in [0.15, 0.2) is 0 Å². The second-order valence-electron chi connectivity index (χ2n) is 4.66. The van der Waals surface area contributed by atoms with Crippen LogP contribution in [0.15, 0.2) is 17.5 Å². The van der Waals surface area contributed by atoms with Gasteiger partial charge in [-0.1, -0.05) is 45.1 Å². The molecule has 0 aliphatic rings. The van der Waals surface area contributed by atoms with Crippen molar-refractivity contribution in [3.63, 3.8) is 0 Å². The van der Waals surface area contributed by atoms with Gasteiger partial charge in [0.1, 0.15) is 0 Å². The summed E-state index contributed by atoms with van der Waals surface area (Å²) in [6, 6.07) is 4.07. The highest BCUT2D eigenvalue weighted by Crippen LogP contribution is 2.08. The van der Waals surface area contributed by atoms with Gasteiger partial charge in [0, 0.05) is 17.8 Å². The smallest absolute Gasteiger partial charge is 0.407 e. The van der Waals surface area contributed by atoms with E-state index in [4.69, 9.17) is 4.74 Å². The summed E-state index contributed by atoms with van der Waals surface area (Å²) in [4.78, 5) is 12.6. The number of hydrogen-bond donors (Lipinski definition) is 1. The molecule has 0 aliphatic heterocycles. The van der Waals surface area contributed by atoms with Crippen LogP contribution in [0.2, 0.25) is 0 Å². The van der Waals surface area contributed by atoms with Gasteiger partial charge >= 0.3 is 6.09 Å². The third-order valence-corrected chi connectivity index (χ3v) is 3.90. The third-order valence-electron chi connectivity index (χ3n) is 2.96. The Bertz CT molecular complexity index is 325. The van der Waals surface area contributed by atoms with E-state index in [1.807, 2.05) is 11.4 Å². The number of amides is 1. The molecule has 19 heavy (non-hydrogen) atoms. The van der Waals surface area contributed by atoms with Gasteiger partial charge in [0.25, 0.3) is 0 Å². The fourth-order valence-electron chi connectivity index (χ4n) is 1.85. The second-order valence-corrected chi connectivity index (χ2v) is 5.69. The molecule has 1 heterocycles. The maximum atomic E-state index is 11.4. The number of carbonyl (C=O) groups is 1. The molecule has 0 fully saturated rings. The summed E-state index contributed by atoms with van der Waals surface area (Å²) in [6.45, 7) is 3.40. The number of unbranched alkanes of at least 4 members (excludes halogenated alkanes) is 5. The molecule has 1 amide bonds. The van der Waals surface area contributed by atoms with Crippen LogP contribution in [0.4, 0.5) is 4.79 Å². The minimum atomic E-state index is -0.287. The number of thiophene rings is 1. The molecule has 0 saturated carbocycles. The molecule has 0 atom stereocenters. The number of nitrogens with one attached hydrogen (secondary N) is 1. The Morgan fingerprint density at radius 2 is 2.05 bits per heavy atom. The number of carbonyl (C=O) groups excluding carboxylic acids is 1. The standard InChI is InChI=1S/C15H25NO2S/c1-2-3-4-5-6-7-11-16-15(17)18-12-10-14-9-8-13-19-14/h8-9,13H,2-7,10-12H2,1H3,(H,16,17). The summed E-state index contributed by atoms with van der Waals surface area (Å²) in [5.74, 6) is 0. The lowest BCUT2D eigenvalue weighted by molar-refractivity contribution is 0.147. The molecular formula is C15H25NO2S. The van der Waals surface area contributed by atoms with Crippen molar-refractivity contribution in [2.45, 2.75) is 51.9 Å². The average molecular weight is 283 g/mol. The third kappa shape index (κ3) is 8.65. The monoisotopic (exact) mass is 283 g/mol. The Balaban J connectivity index is 1.88. The Hall–Kier alpha value is -1.03. The summed E-state index contributed by atoms with van der Waals surface area (Å²) in [5.41, 5.74) is 0. The summed E-state index contributed by atoms with van der Waals surface area (Å²) in [5, 5.41) is 4.83. The van der Waals surface area contributed by atoms with Crippen LogP contribution in [-0.4, -0.2) is 19.2 Å². The number of hydrogen-bond acceptors (Lipinski definition) is 3. The molecular weight excluding hydrogens is 258 g/mol. The van der Waals surface area contributed by atoms with Crippen LogP contribution in [0.1, 0.15) is 50.3 Å². The summed E-state index contributed by atoms with van der Waals surface area (Å²) < 4.78 is 5.12. The molecule has 0 aliphatic carbocycles. The van der Waals surface area contributed by atoms with Gasteiger partial charge in [0.2, 0.25) is 0 Å². The second kappa shape index (κ2) is 10.9. The van der Waals surface area contributed by atoms with Crippen molar-refractivity contribution >= 4 is 17.4 Å². The van der Waals surface area contributed by atoms with Crippen LogP contribution in [0.25, 0.3) is 0 Å². The Kier molecular flexibility index (Phi) is 9.15. The maximum absolute atomic E-state index is 11.4. The van der Waals surface area contributed by atoms with Crippen molar-refractivity contribution in [3.05, 3.63) is 22.4 Å². The first-order chi connectivity index (χ1) is 9.33. The van der Waals surface area contributed by atoms with E-state index in [1.54, 1.807) is 11.3 Å². The van der Waals surface area contributed by atoms with Gasteiger partial charge in [-0.2, -0.15) is 0 Å². The van der Waals surface area contributed by atoms with Crippen LogP contribution in [0.5, 0.6) is 0 Å². The number of rotatable bonds is 10. The lowest BCUT2D eigenvalue weighted by atomic mass is 10.1. The van der Waals surface area contributed by atoms with Crippen LogP contribution in [-0.2, 0) is 11.2 Å². The average Bonchev–Trinajstić information content (AvgIpc) is 2.91. The van der Waals surface area contributed by atoms with Gasteiger partial charge in [-0.25, -0.2) is 4.79 Å². The topological polar surface area (TPSA) is 38.3 Å². The SMILES string of the molecule is CCCCCCCCNC(=O)OCCc1cccs1. The van der Waals surface area contributed by atoms with Gasteiger partial charge in [-0.3, -0.25) is 0 Å². The molecule has 0 unspecified atom stereocenters. The number of alkyl carbamates (subject to hydrolysis) is 1. The van der Waals surface area contributed by atoms with Gasteiger partial charge < -0.3 is 10.1 Å². The van der Waals surface area contributed by atoms with Crippen molar-refractivity contribution in [2.75, 3.05) is 13.2 Å². The molecule has 1 aromatic rings. The molecule has 0 saturated heterocycles. The van der Waals surface area contributed by atoms with E-state index >= 15 is 0 Å². The normalized spacial score (nSPS) is 10.4. The molecule has 0 aromatic carbocycles. The first-order valence-corrected chi connectivity index (χ1v) is 8.14. The fourth-order valence-corrected chi connectivity index (χ4v) is 2.54. The quantitative estimate of drug-likeness (QED) is 0.647. The Morgan fingerprint density at radius 3 is 2.79 bits per heavy atom. The molecule has 1 rings (SSSR count). The van der Waals surface area contributed by atoms with Gasteiger partial charge in [0.05, 0.1) is 6.61 Å². The lowest BCUT2D eigenvalue weighted by Crippen LogP contribution is -2.26. The number of ether oxygens (including phenoxy) is 1. The Labute approximate surface area is 120 Å². The van der Waals surface area contributed by atoms with Gasteiger partial charge in [-0.05, 0) is 17.9 Å². The summed E-state index contributed by atoms with van der Waals surface area (Å²) in [7, 11) is 0. The van der Waals surface area contributed by atoms with E-state index in [-0.39, 0.29) is 6.09 Å². The predicted molar refractivity (Wildman–Crippen MR) is 80.7 cm³/mol. The molecule has 3 nitrogen and oxygen atoms in total. The van der Waals surface area contributed by atoms with Crippen molar-refractivity contribution in [2.24, 2.45) is 0 Å². The van der Waals surface area contributed by atoms with Crippen molar-refractivity contribution in [1.29, 1.82) is 0 Å². The molecule has 0 radical (unpaired) electrons. The molecule has 108 valence electrons. The minimum Gasteiger partial charge on any atom is -0.449 e. The minimum absolute atomic E-state index is 0.287. The zero-order chi connectivity index (χ0) is 13.8. The maximum Gasteiger partial charge on any atom is 0.407 e. The lowest BCUT2D eigenvalue weighted by Gasteiger charge is -2.06. The van der Waals surface area contributed by atoms with Crippen LogP contribution in [0, 0.1) is 0 Å². The van der Waals surface area contributed by atoms with E-state index in [0.29, 0.717) is 6.61 Å². The predicted octanol–water partition coefficient (Wildman–Crippen LogP) is 4.38. The Morgan fingerprint density at radius 1 is 1.26 bits per heavy atom. The highest BCUT2D eigenvalue weighted by atomic mass is 32.1. The van der Waals surface area contributed by atoms with Crippen LogP contribution < -0.4 is 5.32 Å². The molecule has 0 bridgehead atoms. The van der Waals surface area contributed by atoms with Crippen molar-refractivity contribution in [3.8, 4) is 0 Å². The van der Waals surface area contributed by atoms with E-state index in [1.165, 1.54) is 37.0 Å². The van der Waals surface area contributed by atoms with E-state index in [0.717, 1.165) is 19.4 Å². The van der Waals surface area contributed by atoms with Gasteiger partial charge in [-0.15, -0.1) is 11.3 Å². The highest BCUT2D eigenvalue weighted by molar-refractivity contribution is 7.09. The van der Waals surface area contributed by atoms with E-state index in [9.17, 15) is 4.79 Å². The molecule has 0 spiro atoms. The van der Waals surface area contributed by atoms with E-state index < -0.39 is 0 Å².